The third kappa shape index (κ3) is 3.05. The molecule has 20 heavy (non-hydrogen) atoms. The van der Waals surface area contributed by atoms with E-state index in [0.717, 1.165) is 32.9 Å². The molecule has 1 saturated carbocycles. The van der Waals surface area contributed by atoms with E-state index in [1.54, 1.807) is 0 Å². The molecular weight excluding hydrogens is 361 g/mol. The molecule has 0 unspecified atom stereocenters. The lowest BCUT2D eigenvalue weighted by atomic mass is 9.87. The van der Waals surface area contributed by atoms with Crippen molar-refractivity contribution in [1.82, 2.24) is 9.97 Å². The van der Waals surface area contributed by atoms with Crippen molar-refractivity contribution in [3.63, 3.8) is 0 Å². The summed E-state index contributed by atoms with van der Waals surface area (Å²) in [5, 5.41) is 4.80. The van der Waals surface area contributed by atoms with Gasteiger partial charge in [-0.1, -0.05) is 41.6 Å². The normalized spacial score (nSPS) is 22.9. The Kier molecular flexibility index (Phi) is 4.38. The zero-order valence-electron chi connectivity index (χ0n) is 11.8. The van der Waals surface area contributed by atoms with Crippen LogP contribution < -0.4 is 5.32 Å². The van der Waals surface area contributed by atoms with Crippen molar-refractivity contribution >= 4 is 39.3 Å². The first-order valence-electron chi connectivity index (χ1n) is 7.34. The number of fused-ring (bicyclic) bond motifs is 1. The van der Waals surface area contributed by atoms with Crippen LogP contribution in [0.5, 0.6) is 0 Å². The van der Waals surface area contributed by atoms with Gasteiger partial charge in [-0.25, -0.2) is 9.97 Å². The molecule has 0 spiro atoms. The molecule has 0 bridgehead atoms. The minimum Gasteiger partial charge on any atom is -0.367 e. The Morgan fingerprint density at radius 3 is 2.65 bits per heavy atom. The monoisotopic (exact) mass is 381 g/mol. The highest BCUT2D eigenvalue weighted by Gasteiger charge is 2.19. The van der Waals surface area contributed by atoms with Crippen LogP contribution in [0.3, 0.4) is 0 Å². The Morgan fingerprint density at radius 2 is 1.90 bits per heavy atom. The second kappa shape index (κ2) is 6.24. The van der Waals surface area contributed by atoms with Gasteiger partial charge in [-0.3, -0.25) is 0 Å². The number of para-hydroxylation sites is 1. The molecule has 0 amide bonds. The average molecular weight is 381 g/mol. The van der Waals surface area contributed by atoms with Crippen molar-refractivity contribution in [2.75, 3.05) is 5.32 Å². The number of hydrogen-bond donors (Lipinski definition) is 1. The zero-order valence-corrected chi connectivity index (χ0v) is 13.9. The van der Waals surface area contributed by atoms with Crippen molar-refractivity contribution in [1.29, 1.82) is 0 Å². The summed E-state index contributed by atoms with van der Waals surface area (Å²) in [6.07, 6.45) is 5.14. The molecule has 3 nitrogen and oxygen atoms in total. The molecule has 1 N–H and O–H groups in total. The zero-order chi connectivity index (χ0) is 13.9. The summed E-state index contributed by atoms with van der Waals surface area (Å²) >= 11 is 2.32. The van der Waals surface area contributed by atoms with E-state index in [9.17, 15) is 0 Å². The molecule has 1 aliphatic rings. The first-order valence-corrected chi connectivity index (χ1v) is 8.87. The molecular formula is C16H20IN3. The molecule has 1 heterocycles. The first-order chi connectivity index (χ1) is 9.76. The van der Waals surface area contributed by atoms with Gasteiger partial charge >= 0.3 is 0 Å². The maximum absolute atomic E-state index is 4.70. The van der Waals surface area contributed by atoms with E-state index >= 15 is 0 Å². The molecule has 4 heteroatoms. The molecule has 106 valence electrons. The highest BCUT2D eigenvalue weighted by Crippen LogP contribution is 2.28. The number of nitrogens with one attached hydrogen (secondary N) is 1. The van der Waals surface area contributed by atoms with Crippen LogP contribution in [-0.2, 0) is 4.43 Å². The summed E-state index contributed by atoms with van der Waals surface area (Å²) in [5.41, 5.74) is 1.04. The lowest BCUT2D eigenvalue weighted by Gasteiger charge is -2.27. The summed E-state index contributed by atoms with van der Waals surface area (Å²) in [4.78, 5) is 9.30. The van der Waals surface area contributed by atoms with Crippen LogP contribution in [0, 0.1) is 5.92 Å². The summed E-state index contributed by atoms with van der Waals surface area (Å²) in [7, 11) is 0. The summed E-state index contributed by atoms with van der Waals surface area (Å²) in [5.74, 6) is 2.80. The third-order valence-electron chi connectivity index (χ3n) is 4.13. The van der Waals surface area contributed by atoms with Gasteiger partial charge in [0, 0.05) is 11.4 Å². The van der Waals surface area contributed by atoms with Crippen molar-refractivity contribution in [3.8, 4) is 0 Å². The highest BCUT2D eigenvalue weighted by molar-refractivity contribution is 14.1. The molecule has 0 atom stereocenters. The number of halogens is 1. The molecule has 0 aliphatic heterocycles. The predicted molar refractivity (Wildman–Crippen MR) is 92.3 cm³/mol. The lowest BCUT2D eigenvalue weighted by molar-refractivity contribution is 0.361. The van der Waals surface area contributed by atoms with E-state index in [1.165, 1.54) is 25.7 Å². The van der Waals surface area contributed by atoms with Crippen LogP contribution >= 0.6 is 22.6 Å². The van der Waals surface area contributed by atoms with Crippen LogP contribution in [0.4, 0.5) is 5.82 Å². The van der Waals surface area contributed by atoms with E-state index in [4.69, 9.17) is 4.98 Å². The molecule has 1 aromatic heterocycles. The Balaban J connectivity index is 1.89. The molecule has 2 aromatic rings. The molecule has 3 rings (SSSR count). The van der Waals surface area contributed by atoms with Crippen LogP contribution in [-0.4, -0.2) is 16.0 Å². The van der Waals surface area contributed by atoms with Gasteiger partial charge in [0.25, 0.3) is 0 Å². The fraction of sp³-hybridized carbons (Fsp3) is 0.500. The minimum absolute atomic E-state index is 0.562. The van der Waals surface area contributed by atoms with Gasteiger partial charge in [0.1, 0.15) is 11.6 Å². The van der Waals surface area contributed by atoms with E-state index < -0.39 is 0 Å². The topological polar surface area (TPSA) is 37.8 Å². The Hall–Kier alpha value is -0.910. The molecule has 1 aromatic carbocycles. The lowest BCUT2D eigenvalue weighted by Crippen LogP contribution is -2.26. The standard InChI is InChI=1S/C16H20IN3/c1-11-6-8-12(9-7-11)18-16-13-4-2-3-5-14(13)19-15(10-17)20-16/h2-5,11-12H,6-10H2,1H3,(H,18,19,20)/t11-,12-. The number of alkyl halides is 1. The van der Waals surface area contributed by atoms with Gasteiger partial charge < -0.3 is 5.32 Å². The number of nitrogens with zero attached hydrogens (tertiary/aromatic N) is 2. The van der Waals surface area contributed by atoms with Gasteiger partial charge in [0.05, 0.1) is 9.94 Å². The maximum Gasteiger partial charge on any atom is 0.141 e. The van der Waals surface area contributed by atoms with Crippen LogP contribution in [0.25, 0.3) is 10.9 Å². The Bertz CT molecular complexity index is 591. The number of hydrogen-bond acceptors (Lipinski definition) is 3. The fourth-order valence-corrected chi connectivity index (χ4v) is 3.23. The van der Waals surface area contributed by atoms with Crippen LogP contribution in [0.2, 0.25) is 0 Å². The SMILES string of the molecule is C[C@H]1CC[C@H](Nc2nc(CI)nc3ccccc23)CC1. The Morgan fingerprint density at radius 1 is 1.15 bits per heavy atom. The molecule has 0 saturated heterocycles. The predicted octanol–water partition coefficient (Wildman–Crippen LogP) is 4.56. The van der Waals surface area contributed by atoms with E-state index in [-0.39, 0.29) is 0 Å². The van der Waals surface area contributed by atoms with E-state index in [2.05, 4.69) is 58.0 Å². The Labute approximate surface area is 133 Å². The first kappa shape index (κ1) is 14.0. The van der Waals surface area contributed by atoms with Crippen molar-refractivity contribution in [2.45, 2.75) is 43.1 Å². The quantitative estimate of drug-likeness (QED) is 0.626. The number of aromatic nitrogens is 2. The summed E-state index contributed by atoms with van der Waals surface area (Å²) < 4.78 is 0.846. The smallest absolute Gasteiger partial charge is 0.141 e. The van der Waals surface area contributed by atoms with Gasteiger partial charge in [0.15, 0.2) is 0 Å². The van der Waals surface area contributed by atoms with Gasteiger partial charge in [0.2, 0.25) is 0 Å². The summed E-state index contributed by atoms with van der Waals surface area (Å²) in [6.45, 7) is 2.35. The number of benzene rings is 1. The van der Waals surface area contributed by atoms with E-state index in [1.807, 2.05) is 6.07 Å². The highest BCUT2D eigenvalue weighted by atomic mass is 127. The molecule has 0 radical (unpaired) electrons. The van der Waals surface area contributed by atoms with E-state index in [0.29, 0.717) is 6.04 Å². The van der Waals surface area contributed by atoms with Gasteiger partial charge in [-0.05, 0) is 43.7 Å². The van der Waals surface area contributed by atoms with Crippen LogP contribution in [0.1, 0.15) is 38.4 Å². The number of anilines is 1. The van der Waals surface area contributed by atoms with Crippen molar-refractivity contribution < 1.29 is 0 Å². The fourth-order valence-electron chi connectivity index (χ4n) is 2.89. The van der Waals surface area contributed by atoms with Crippen molar-refractivity contribution in [3.05, 3.63) is 30.1 Å². The largest absolute Gasteiger partial charge is 0.367 e. The van der Waals surface area contributed by atoms with Crippen molar-refractivity contribution in [2.24, 2.45) is 5.92 Å². The second-order valence-corrected chi connectivity index (χ2v) is 6.50. The maximum atomic E-state index is 4.70. The second-order valence-electron chi connectivity index (χ2n) is 5.74. The third-order valence-corrected chi connectivity index (χ3v) is 4.81. The van der Waals surface area contributed by atoms with Gasteiger partial charge in [-0.15, -0.1) is 0 Å². The molecule has 1 fully saturated rings. The van der Waals surface area contributed by atoms with Gasteiger partial charge in [-0.2, -0.15) is 0 Å². The van der Waals surface area contributed by atoms with Crippen LogP contribution in [0.15, 0.2) is 24.3 Å². The summed E-state index contributed by atoms with van der Waals surface area (Å²) in [6, 6.07) is 8.84. The minimum atomic E-state index is 0.562. The number of rotatable bonds is 3. The molecule has 1 aliphatic carbocycles. The average Bonchev–Trinajstić information content (AvgIpc) is 2.49.